The number of nitrogens with zero attached hydrogens (tertiary/aromatic N) is 3. The molecule has 13 aromatic rings. The lowest BCUT2D eigenvalue weighted by molar-refractivity contribution is 0.669. The molecule has 0 atom stereocenters. The van der Waals surface area contributed by atoms with Gasteiger partial charge in [-0.25, -0.2) is 4.98 Å². The summed E-state index contributed by atoms with van der Waals surface area (Å²) in [7, 11) is 0. The molecule has 4 nitrogen and oxygen atoms in total. The molecular weight excluding hydrogens is 719 g/mol. The van der Waals surface area contributed by atoms with Crippen molar-refractivity contribution >= 4 is 87.2 Å². The van der Waals surface area contributed by atoms with Crippen LogP contribution < -0.4 is 0 Å². The summed E-state index contributed by atoms with van der Waals surface area (Å²) in [4.78, 5) is 5.33. The highest BCUT2D eigenvalue weighted by Crippen LogP contribution is 2.43. The van der Waals surface area contributed by atoms with E-state index in [1.807, 2.05) is 6.07 Å². The highest BCUT2D eigenvalue weighted by molar-refractivity contribution is 6.27. The molecular formula is C55H33N3O. The fourth-order valence-corrected chi connectivity index (χ4v) is 9.69. The summed E-state index contributed by atoms with van der Waals surface area (Å²) >= 11 is 0. The molecule has 4 heteroatoms. The average molecular weight is 752 g/mol. The smallest absolute Gasteiger partial charge is 0.162 e. The molecule has 9 aromatic carbocycles. The highest BCUT2D eigenvalue weighted by atomic mass is 16.3. The van der Waals surface area contributed by atoms with Gasteiger partial charge in [0.2, 0.25) is 0 Å². The number of fused-ring (bicyclic) bond motifs is 13. The molecule has 4 heterocycles. The zero-order chi connectivity index (χ0) is 38.6. The minimum absolute atomic E-state index is 0.810. The lowest BCUT2D eigenvalue weighted by Crippen LogP contribution is -2.00. The number of furan rings is 1. The largest absolute Gasteiger partial charge is 0.454 e. The summed E-state index contributed by atoms with van der Waals surface area (Å²) in [5.74, 6) is 0. The third-order valence-electron chi connectivity index (χ3n) is 12.3. The van der Waals surface area contributed by atoms with Gasteiger partial charge in [-0.2, -0.15) is 0 Å². The van der Waals surface area contributed by atoms with Gasteiger partial charge >= 0.3 is 0 Å². The van der Waals surface area contributed by atoms with Crippen molar-refractivity contribution < 1.29 is 4.42 Å². The van der Waals surface area contributed by atoms with Crippen molar-refractivity contribution in [3.05, 3.63) is 200 Å². The van der Waals surface area contributed by atoms with E-state index in [-0.39, 0.29) is 0 Å². The van der Waals surface area contributed by atoms with Gasteiger partial charge in [-0.15, -0.1) is 0 Å². The summed E-state index contributed by atoms with van der Waals surface area (Å²) in [5, 5.41) is 10.7. The Kier molecular flexibility index (Phi) is 6.69. The van der Waals surface area contributed by atoms with Gasteiger partial charge in [0.1, 0.15) is 11.3 Å². The first kappa shape index (κ1) is 32.2. The Morgan fingerprint density at radius 2 is 0.831 bits per heavy atom. The molecule has 0 spiro atoms. The minimum atomic E-state index is 0.810. The number of pyridine rings is 1. The molecule has 13 rings (SSSR count). The maximum atomic E-state index is 6.70. The molecule has 4 aromatic heterocycles. The normalized spacial score (nSPS) is 12.1. The molecule has 0 N–H and O–H groups in total. The van der Waals surface area contributed by atoms with Gasteiger partial charge in [0.15, 0.2) is 5.58 Å². The summed E-state index contributed by atoms with van der Waals surface area (Å²) in [6.45, 7) is 0. The van der Waals surface area contributed by atoms with E-state index in [2.05, 4.69) is 203 Å². The lowest BCUT2D eigenvalue weighted by atomic mass is 9.97. The summed E-state index contributed by atoms with van der Waals surface area (Å²) < 4.78 is 11.5. The minimum Gasteiger partial charge on any atom is -0.454 e. The maximum Gasteiger partial charge on any atom is 0.162 e. The second kappa shape index (κ2) is 12.3. The van der Waals surface area contributed by atoms with E-state index < -0.39 is 0 Å². The van der Waals surface area contributed by atoms with Crippen LogP contribution in [-0.4, -0.2) is 14.1 Å². The second-order valence-electron chi connectivity index (χ2n) is 15.5. The third kappa shape index (κ3) is 4.69. The first-order chi connectivity index (χ1) is 29.3. The molecule has 274 valence electrons. The Balaban J connectivity index is 1.05. The Morgan fingerprint density at radius 3 is 1.41 bits per heavy atom. The Hall–Kier alpha value is -7.95. The number of para-hydroxylation sites is 5. The first-order valence-electron chi connectivity index (χ1n) is 20.1. The third-order valence-corrected chi connectivity index (χ3v) is 12.3. The van der Waals surface area contributed by atoms with Crippen molar-refractivity contribution in [3.8, 4) is 33.8 Å². The van der Waals surface area contributed by atoms with Crippen LogP contribution in [0.2, 0.25) is 0 Å². The molecule has 0 fully saturated rings. The highest BCUT2D eigenvalue weighted by Gasteiger charge is 2.21. The van der Waals surface area contributed by atoms with Crippen LogP contribution in [0.25, 0.3) is 121 Å². The van der Waals surface area contributed by atoms with Gasteiger partial charge in [0.05, 0.1) is 27.6 Å². The van der Waals surface area contributed by atoms with Crippen molar-refractivity contribution in [1.82, 2.24) is 14.1 Å². The van der Waals surface area contributed by atoms with Crippen molar-refractivity contribution in [3.63, 3.8) is 0 Å². The van der Waals surface area contributed by atoms with Gasteiger partial charge in [-0.05, 0) is 76.5 Å². The summed E-state index contributed by atoms with van der Waals surface area (Å²) in [6, 6.07) is 72.0. The number of aromatic nitrogens is 3. The molecule has 0 unspecified atom stereocenters. The average Bonchev–Trinajstić information content (AvgIpc) is 3.97. The number of benzene rings is 9. The molecule has 59 heavy (non-hydrogen) atoms. The maximum absolute atomic E-state index is 6.70. The van der Waals surface area contributed by atoms with Crippen LogP contribution in [0, 0.1) is 0 Å². The second-order valence-corrected chi connectivity index (χ2v) is 15.5. The van der Waals surface area contributed by atoms with Gasteiger partial charge in [0, 0.05) is 54.6 Å². The molecule has 0 radical (unpaired) electrons. The van der Waals surface area contributed by atoms with Crippen LogP contribution >= 0.6 is 0 Å². The molecule has 0 aliphatic rings. The van der Waals surface area contributed by atoms with Crippen molar-refractivity contribution in [2.75, 3.05) is 0 Å². The Labute approximate surface area is 338 Å². The van der Waals surface area contributed by atoms with Gasteiger partial charge in [-0.3, -0.25) is 0 Å². The standard InChI is InChI=1S/C55H33N3O/c1-2-14-40-35(13-1)29-30-46-52(40)53-45-19-7-12-24-51(45)59-55(53)54(56-46)36-27-25-34(26-28-36)37-31-38(57-47-20-8-3-15-41(47)42-16-4-9-21-48(42)57)33-39(32-37)58-49-22-10-5-17-43(49)44-18-6-11-23-50(44)58/h1-33H. The van der Waals surface area contributed by atoms with Crippen LogP contribution in [0.3, 0.4) is 0 Å². The van der Waals surface area contributed by atoms with Gasteiger partial charge in [-0.1, -0.05) is 146 Å². The lowest BCUT2D eigenvalue weighted by Gasteiger charge is -2.16. The van der Waals surface area contributed by atoms with E-state index in [9.17, 15) is 0 Å². The van der Waals surface area contributed by atoms with Crippen LogP contribution in [0.1, 0.15) is 0 Å². The molecule has 0 saturated heterocycles. The zero-order valence-corrected chi connectivity index (χ0v) is 31.8. The fraction of sp³-hybridized carbons (Fsp3) is 0. The SMILES string of the molecule is c1ccc2c(c1)ccc1nc(-c3ccc(-c4cc(-n5c6ccccc6c6ccccc65)cc(-n5c6ccccc6c6ccccc65)c4)cc3)c3oc4ccccc4c3c12. The van der Waals surface area contributed by atoms with Gasteiger partial charge < -0.3 is 13.6 Å². The van der Waals surface area contributed by atoms with Crippen LogP contribution in [0.4, 0.5) is 0 Å². The molecule has 0 aliphatic heterocycles. The van der Waals surface area contributed by atoms with Crippen molar-refractivity contribution in [2.24, 2.45) is 0 Å². The van der Waals surface area contributed by atoms with Crippen LogP contribution in [0.5, 0.6) is 0 Å². The fourth-order valence-electron chi connectivity index (χ4n) is 9.69. The topological polar surface area (TPSA) is 35.9 Å². The zero-order valence-electron chi connectivity index (χ0n) is 31.8. The van der Waals surface area contributed by atoms with Crippen LogP contribution in [-0.2, 0) is 0 Å². The van der Waals surface area contributed by atoms with E-state index in [0.29, 0.717) is 0 Å². The van der Waals surface area contributed by atoms with E-state index >= 15 is 0 Å². The van der Waals surface area contributed by atoms with Crippen molar-refractivity contribution in [2.45, 2.75) is 0 Å². The predicted molar refractivity (Wildman–Crippen MR) is 246 cm³/mol. The monoisotopic (exact) mass is 751 g/mol. The number of rotatable bonds is 4. The summed E-state index contributed by atoms with van der Waals surface area (Å²) in [6.07, 6.45) is 0. The first-order valence-corrected chi connectivity index (χ1v) is 20.1. The van der Waals surface area contributed by atoms with E-state index in [0.717, 1.165) is 66.6 Å². The molecule has 0 amide bonds. The molecule has 0 bridgehead atoms. The number of hydrogen-bond acceptors (Lipinski definition) is 2. The quantitative estimate of drug-likeness (QED) is 0.168. The van der Waals surface area contributed by atoms with E-state index in [4.69, 9.17) is 9.40 Å². The predicted octanol–water partition coefficient (Wildman–Crippen LogP) is 14.8. The summed E-state index contributed by atoms with van der Waals surface area (Å²) in [5.41, 5.74) is 13.7. The molecule has 0 aliphatic carbocycles. The number of hydrogen-bond donors (Lipinski definition) is 0. The van der Waals surface area contributed by atoms with Crippen molar-refractivity contribution in [1.29, 1.82) is 0 Å². The Morgan fingerprint density at radius 1 is 0.356 bits per heavy atom. The van der Waals surface area contributed by atoms with Gasteiger partial charge in [0.25, 0.3) is 0 Å². The van der Waals surface area contributed by atoms with Crippen LogP contribution in [0.15, 0.2) is 205 Å². The van der Waals surface area contributed by atoms with E-state index in [1.165, 1.54) is 54.4 Å². The Bertz CT molecular complexity index is 3610. The molecule has 0 saturated carbocycles. The van der Waals surface area contributed by atoms with E-state index in [1.54, 1.807) is 0 Å².